The van der Waals surface area contributed by atoms with E-state index < -0.39 is 227 Å². The average molecular weight is 1420 g/mol. The summed E-state index contributed by atoms with van der Waals surface area (Å²) >= 11 is 12.2. The summed E-state index contributed by atoms with van der Waals surface area (Å²) in [5.74, 6) is -2.76. The molecular weight excluding hydrogens is 1340 g/mol. The summed E-state index contributed by atoms with van der Waals surface area (Å²) in [4.78, 5) is 0. The maximum atomic E-state index is 11.3. The summed E-state index contributed by atoms with van der Waals surface area (Å²) in [7, 11) is 0. The molecule has 6 saturated heterocycles. The SMILES string of the molecule is CC1O[C@H](O[C@@H]2C(CO)O[C@H](O[C@@H]3C(CO)O[C@@H](OCc4cn(CCCc5cn(C[C@H]6O[C@@H](OCc7cn(C[C@H]8O[C@@](CCl)(O[C@H]9O[C@H](CO)[C@H](Cl)[C@H](O)[C@H]9O)[C@@H](O)[C@@H]8O)nn7)[C@@H](O)[C@@H](O)[C@@H]6O)nn5)nn4)C(O)[C@H]3O)C(O)[C@H]2O)C(O)C[C@@H]1N[C@H]1C=C(CO)[C@@H](O)[C@H](O)[C@H]1O. The number of halogens is 2. The van der Waals surface area contributed by atoms with Crippen LogP contribution in [0.1, 0.15) is 36.8 Å². The normalized spacial score (nSPS) is 44.0. The number of aromatic nitrogens is 9. The smallest absolute Gasteiger partial charge is 0.214 e. The minimum absolute atomic E-state index is 0.0728. The molecule has 0 bridgehead atoms. The van der Waals surface area contributed by atoms with E-state index in [1.54, 1.807) is 19.3 Å². The minimum atomic E-state index is -2.17. The third kappa shape index (κ3) is 16.4. The maximum Gasteiger partial charge on any atom is 0.214 e. The van der Waals surface area contributed by atoms with E-state index >= 15 is 0 Å². The van der Waals surface area contributed by atoms with Crippen molar-refractivity contribution < 1.29 is 149 Å². The van der Waals surface area contributed by atoms with Crippen LogP contribution in [0.2, 0.25) is 0 Å². The fraction of sp³-hybridized carbons (Fsp3) is 0.852. The van der Waals surface area contributed by atoms with Crippen LogP contribution in [0.15, 0.2) is 30.2 Å². The highest BCUT2D eigenvalue weighted by molar-refractivity contribution is 6.21. The van der Waals surface area contributed by atoms with E-state index in [9.17, 15) is 97.0 Å². The number of aliphatic hydroxyl groups is 19. The predicted molar refractivity (Wildman–Crippen MR) is 308 cm³/mol. The van der Waals surface area contributed by atoms with Crippen LogP contribution in [0.5, 0.6) is 0 Å². The lowest BCUT2D eigenvalue weighted by Gasteiger charge is -2.48. The fourth-order valence-electron chi connectivity index (χ4n) is 12.3. The first-order valence-corrected chi connectivity index (χ1v) is 31.9. The van der Waals surface area contributed by atoms with Gasteiger partial charge in [0, 0.05) is 18.8 Å². The number of alkyl halides is 2. The molecule has 544 valence electrons. The lowest BCUT2D eigenvalue weighted by atomic mass is 9.87. The van der Waals surface area contributed by atoms with Crippen LogP contribution in [-0.4, -0.2) is 369 Å². The maximum absolute atomic E-state index is 11.3. The lowest BCUT2D eigenvalue weighted by molar-refractivity contribution is -0.374. The molecular formula is C54H84Cl2N10O30. The third-order valence-corrected chi connectivity index (χ3v) is 18.8. The van der Waals surface area contributed by atoms with Crippen molar-refractivity contribution in [3.05, 3.63) is 47.3 Å². The molecule has 6 unspecified atom stereocenters. The Hall–Kier alpha value is -3.50. The second kappa shape index (κ2) is 32.7. The van der Waals surface area contributed by atoms with E-state index in [2.05, 4.69) is 36.3 Å². The summed E-state index contributed by atoms with van der Waals surface area (Å²) in [5, 5.41) is 229. The van der Waals surface area contributed by atoms with Crippen LogP contribution in [-0.2, 0) is 91.4 Å². The van der Waals surface area contributed by atoms with Crippen LogP contribution < -0.4 is 5.32 Å². The first-order valence-electron chi connectivity index (χ1n) is 31.0. The van der Waals surface area contributed by atoms with E-state index in [4.69, 9.17) is 75.3 Å². The van der Waals surface area contributed by atoms with Gasteiger partial charge in [-0.1, -0.05) is 21.7 Å². The van der Waals surface area contributed by atoms with E-state index in [-0.39, 0.29) is 49.7 Å². The molecule has 0 aromatic carbocycles. The molecule has 20 N–H and O–H groups in total. The summed E-state index contributed by atoms with van der Waals surface area (Å²) in [6, 6.07) is -1.63. The van der Waals surface area contributed by atoms with Gasteiger partial charge in [-0.25, -0.2) is 9.36 Å². The van der Waals surface area contributed by atoms with Gasteiger partial charge in [-0.3, -0.25) is 4.68 Å². The second-order valence-electron chi connectivity index (χ2n) is 24.6. The molecule has 1 aliphatic carbocycles. The largest absolute Gasteiger partial charge is 0.394 e. The molecule has 42 heteroatoms. The molecule has 3 aromatic heterocycles. The average Bonchev–Trinajstić information content (AvgIpc) is 1.56. The fourth-order valence-corrected chi connectivity index (χ4v) is 12.9. The number of ether oxygens (including phenoxy) is 11. The number of hydrogen-bond acceptors (Lipinski definition) is 37. The van der Waals surface area contributed by atoms with Crippen LogP contribution in [0.25, 0.3) is 0 Å². The summed E-state index contributed by atoms with van der Waals surface area (Å²) in [6.07, 6.45) is -37.1. The van der Waals surface area contributed by atoms with E-state index in [0.717, 1.165) is 0 Å². The Morgan fingerprint density at radius 1 is 0.552 bits per heavy atom. The van der Waals surface area contributed by atoms with Crippen molar-refractivity contribution in [2.45, 2.75) is 254 Å². The molecule has 9 heterocycles. The van der Waals surface area contributed by atoms with Crippen LogP contribution in [0.4, 0.5) is 0 Å². The molecule has 0 amide bonds. The van der Waals surface area contributed by atoms with Gasteiger partial charge >= 0.3 is 0 Å². The van der Waals surface area contributed by atoms with Crippen molar-refractivity contribution in [1.82, 2.24) is 50.3 Å². The molecule has 96 heavy (non-hydrogen) atoms. The summed E-state index contributed by atoms with van der Waals surface area (Å²) < 4.78 is 67.7. The minimum Gasteiger partial charge on any atom is -0.394 e. The molecule has 6 fully saturated rings. The standard InChI is InChI=1S/C54H84Cl2N10O30/c1-19-24(57-25-5-20(12-67)33(72)38(77)34(25)73)6-26(71)49(88-19)93-46-31(15-70)92-52(45(84)41(46)80)94-47-30(14-69)91-51(44(83)40(47)79)87-16-22-8-64(61-59-22)4-2-3-21-7-65(62-58-21)10-27-35(74)39(78)43(82)50(89-27)86-17-23-9-66(63-60-23)11-28-36(75)48(85)54(18-55,95-28)96-53-42(81)37(76)32(56)29(13-68)90-53/h5,7-9,19,24-53,57,67-85H,2-4,6,10-18H2,1H3/t19?,24-,25-,26?,27+,28+,29+,30?,31?,32-,33+,34-,35+,36+,37-,38-,39-,40+,41+,42+,43-,44?,45?,46+,47+,48-,49+,50+,51+,52+,53+,54-/m0/s1. The predicted octanol–water partition coefficient (Wildman–Crippen LogP) is -11.8. The zero-order valence-electron chi connectivity index (χ0n) is 51.2. The second-order valence-corrected chi connectivity index (χ2v) is 25.4. The topological polar surface area (TPSA) is 590 Å². The molecule has 0 saturated carbocycles. The van der Waals surface area contributed by atoms with Crippen LogP contribution >= 0.6 is 23.2 Å². The Balaban J connectivity index is 0.642. The van der Waals surface area contributed by atoms with Gasteiger partial charge in [0.25, 0.3) is 0 Å². The van der Waals surface area contributed by atoms with Crippen molar-refractivity contribution >= 4 is 23.2 Å². The molecule has 7 aliphatic rings. The third-order valence-electron chi connectivity index (χ3n) is 17.9. The van der Waals surface area contributed by atoms with Crippen LogP contribution in [0.3, 0.4) is 0 Å². The van der Waals surface area contributed by atoms with Gasteiger partial charge < -0.3 is 154 Å². The van der Waals surface area contributed by atoms with Crippen molar-refractivity contribution in [2.24, 2.45) is 0 Å². The Bertz CT molecular complexity index is 2950. The van der Waals surface area contributed by atoms with Gasteiger partial charge in [-0.2, -0.15) is 0 Å². The molecule has 40 nitrogen and oxygen atoms in total. The zero-order chi connectivity index (χ0) is 69.2. The molecule has 3 aromatic rings. The number of nitrogens with zero attached hydrogens (tertiary/aromatic N) is 9. The van der Waals surface area contributed by atoms with E-state index in [1.807, 2.05) is 0 Å². The number of aryl methyl sites for hydroxylation is 2. The van der Waals surface area contributed by atoms with Crippen LogP contribution in [0, 0.1) is 0 Å². The highest BCUT2D eigenvalue weighted by Crippen LogP contribution is 2.39. The van der Waals surface area contributed by atoms with Crippen molar-refractivity contribution in [3.63, 3.8) is 0 Å². The van der Waals surface area contributed by atoms with E-state index in [0.29, 0.717) is 25.1 Å². The van der Waals surface area contributed by atoms with Gasteiger partial charge in [-0.05, 0) is 31.8 Å². The Kier molecular flexibility index (Phi) is 25.6. The highest BCUT2D eigenvalue weighted by atomic mass is 35.5. The molecule has 0 spiro atoms. The first-order chi connectivity index (χ1) is 45.8. The summed E-state index contributed by atoms with van der Waals surface area (Å²) in [5.41, 5.74) is 1.03. The van der Waals surface area contributed by atoms with Gasteiger partial charge in [0.1, 0.15) is 146 Å². The first kappa shape index (κ1) is 75.2. The molecule has 6 aliphatic heterocycles. The van der Waals surface area contributed by atoms with Gasteiger partial charge in [0.15, 0.2) is 31.5 Å². The van der Waals surface area contributed by atoms with Gasteiger partial charge in [0.2, 0.25) is 5.79 Å². The van der Waals surface area contributed by atoms with E-state index in [1.165, 1.54) is 26.3 Å². The number of nitrogens with one attached hydrogen (secondary N) is 1. The molecule has 10 rings (SSSR count). The van der Waals surface area contributed by atoms with Crippen molar-refractivity contribution in [1.29, 1.82) is 0 Å². The monoisotopic (exact) mass is 1420 g/mol. The molecule has 32 atom stereocenters. The summed E-state index contributed by atoms with van der Waals surface area (Å²) in [6.45, 7) is -2.00. The molecule has 0 radical (unpaired) electrons. The quantitative estimate of drug-likeness (QED) is 0.0249. The number of rotatable bonds is 27. The zero-order valence-corrected chi connectivity index (χ0v) is 52.7. The Morgan fingerprint density at radius 3 is 1.69 bits per heavy atom. The number of aliphatic hydroxyl groups excluding tert-OH is 19. The Labute approximate surface area is 554 Å². The van der Waals surface area contributed by atoms with Crippen molar-refractivity contribution in [2.75, 3.05) is 32.3 Å². The lowest BCUT2D eigenvalue weighted by Crippen LogP contribution is -2.66. The Morgan fingerprint density at radius 2 is 1.07 bits per heavy atom. The van der Waals surface area contributed by atoms with Gasteiger partial charge in [-0.15, -0.1) is 38.5 Å². The van der Waals surface area contributed by atoms with Crippen molar-refractivity contribution in [3.8, 4) is 0 Å². The number of hydrogen-bond donors (Lipinski definition) is 20. The van der Waals surface area contributed by atoms with Gasteiger partial charge in [0.05, 0.1) is 94.2 Å². The highest BCUT2D eigenvalue weighted by Gasteiger charge is 2.59.